The second-order valence-electron chi connectivity index (χ2n) is 6.04. The van der Waals surface area contributed by atoms with E-state index in [2.05, 4.69) is 51.1 Å². The highest BCUT2D eigenvalue weighted by atomic mass is 16.7. The molecule has 112 valence electrons. The van der Waals surface area contributed by atoms with Crippen LogP contribution in [0.3, 0.4) is 0 Å². The molecule has 0 aromatic heterocycles. The number of ether oxygens (including phenoxy) is 2. The third-order valence-corrected chi connectivity index (χ3v) is 4.34. The maximum atomic E-state index is 6.32. The lowest BCUT2D eigenvalue weighted by Crippen LogP contribution is -2.47. The van der Waals surface area contributed by atoms with Crippen molar-refractivity contribution in [1.29, 1.82) is 0 Å². The molecule has 0 spiro atoms. The number of benzene rings is 1. The van der Waals surface area contributed by atoms with Crippen LogP contribution in [0.1, 0.15) is 52.0 Å². The average Bonchev–Trinajstić information content (AvgIpc) is 2.47. The van der Waals surface area contributed by atoms with Gasteiger partial charge in [-0.05, 0) is 31.7 Å². The van der Waals surface area contributed by atoms with E-state index in [-0.39, 0.29) is 0 Å². The Balaban J connectivity index is 1.93. The molecule has 1 aliphatic heterocycles. The smallest absolute Gasteiger partial charge is 0.166 e. The van der Waals surface area contributed by atoms with E-state index in [1.54, 1.807) is 0 Å². The molecule has 20 heavy (non-hydrogen) atoms. The van der Waals surface area contributed by atoms with Gasteiger partial charge in [-0.1, -0.05) is 50.6 Å². The van der Waals surface area contributed by atoms with E-state index in [9.17, 15) is 0 Å². The molecule has 2 heteroatoms. The van der Waals surface area contributed by atoms with E-state index < -0.39 is 5.79 Å². The molecule has 0 aliphatic carbocycles. The topological polar surface area (TPSA) is 18.5 Å². The highest BCUT2D eigenvalue weighted by Gasteiger charge is 2.37. The molecule has 2 nitrogen and oxygen atoms in total. The molecule has 2 rings (SSSR count). The largest absolute Gasteiger partial charge is 0.350 e. The van der Waals surface area contributed by atoms with E-state index >= 15 is 0 Å². The van der Waals surface area contributed by atoms with Crippen molar-refractivity contribution in [2.24, 2.45) is 5.92 Å². The van der Waals surface area contributed by atoms with Crippen LogP contribution < -0.4 is 0 Å². The highest BCUT2D eigenvalue weighted by molar-refractivity contribution is 5.14. The van der Waals surface area contributed by atoms with Gasteiger partial charge in [-0.15, -0.1) is 0 Å². The van der Waals surface area contributed by atoms with Crippen molar-refractivity contribution in [3.8, 4) is 0 Å². The van der Waals surface area contributed by atoms with Crippen LogP contribution in [0.2, 0.25) is 0 Å². The van der Waals surface area contributed by atoms with Crippen molar-refractivity contribution in [3.63, 3.8) is 0 Å². The zero-order valence-corrected chi connectivity index (χ0v) is 13.1. The van der Waals surface area contributed by atoms with Gasteiger partial charge in [0, 0.05) is 12.3 Å². The average molecular weight is 276 g/mol. The van der Waals surface area contributed by atoms with Crippen molar-refractivity contribution in [3.05, 3.63) is 35.9 Å². The van der Waals surface area contributed by atoms with Crippen LogP contribution in [0, 0.1) is 5.92 Å². The van der Waals surface area contributed by atoms with Gasteiger partial charge in [-0.3, -0.25) is 0 Å². The van der Waals surface area contributed by atoms with Crippen LogP contribution in [-0.2, 0) is 15.9 Å². The van der Waals surface area contributed by atoms with Gasteiger partial charge in [0.2, 0.25) is 0 Å². The maximum Gasteiger partial charge on any atom is 0.166 e. The van der Waals surface area contributed by atoms with Crippen molar-refractivity contribution in [1.82, 2.24) is 0 Å². The van der Waals surface area contributed by atoms with Crippen molar-refractivity contribution < 1.29 is 9.47 Å². The zero-order chi connectivity index (χ0) is 14.4. The SMILES string of the molecule is CCC[C@@H]1O[C@](C)(CCc2ccccc2)OC[C@@H]1CC. The van der Waals surface area contributed by atoms with Gasteiger partial charge in [0.05, 0.1) is 12.7 Å². The molecule has 0 amide bonds. The molecule has 1 fully saturated rings. The van der Waals surface area contributed by atoms with Crippen LogP contribution >= 0.6 is 0 Å². The summed E-state index contributed by atoms with van der Waals surface area (Å²) in [7, 11) is 0. The summed E-state index contributed by atoms with van der Waals surface area (Å²) in [5.74, 6) is 0.140. The van der Waals surface area contributed by atoms with Gasteiger partial charge in [0.25, 0.3) is 0 Å². The van der Waals surface area contributed by atoms with Gasteiger partial charge < -0.3 is 9.47 Å². The predicted octanol–water partition coefficient (Wildman–Crippen LogP) is 4.58. The fraction of sp³-hybridized carbons (Fsp3) is 0.667. The number of aryl methyl sites for hydroxylation is 1. The zero-order valence-electron chi connectivity index (χ0n) is 13.1. The molecule has 1 heterocycles. The van der Waals surface area contributed by atoms with Crippen LogP contribution in [-0.4, -0.2) is 18.5 Å². The minimum atomic E-state index is -0.415. The minimum absolute atomic E-state index is 0.361. The van der Waals surface area contributed by atoms with Gasteiger partial charge in [-0.25, -0.2) is 0 Å². The molecule has 1 aromatic carbocycles. The third-order valence-electron chi connectivity index (χ3n) is 4.34. The first-order valence-corrected chi connectivity index (χ1v) is 8.02. The lowest BCUT2D eigenvalue weighted by Gasteiger charge is -2.43. The number of hydrogen-bond donors (Lipinski definition) is 0. The van der Waals surface area contributed by atoms with E-state index in [1.807, 2.05) is 0 Å². The third kappa shape index (κ3) is 4.07. The van der Waals surface area contributed by atoms with Gasteiger partial charge >= 0.3 is 0 Å². The van der Waals surface area contributed by atoms with Crippen molar-refractivity contribution in [2.75, 3.05) is 6.61 Å². The summed E-state index contributed by atoms with van der Waals surface area (Å²) in [5, 5.41) is 0. The molecule has 1 aliphatic rings. The fourth-order valence-electron chi connectivity index (χ4n) is 2.95. The second-order valence-corrected chi connectivity index (χ2v) is 6.04. The summed E-state index contributed by atoms with van der Waals surface area (Å²) in [4.78, 5) is 0. The van der Waals surface area contributed by atoms with Gasteiger partial charge in [0.15, 0.2) is 5.79 Å². The summed E-state index contributed by atoms with van der Waals surface area (Å²) in [5.41, 5.74) is 1.35. The Morgan fingerprint density at radius 3 is 2.60 bits per heavy atom. The van der Waals surface area contributed by atoms with Crippen molar-refractivity contribution >= 4 is 0 Å². The Hall–Kier alpha value is -0.860. The van der Waals surface area contributed by atoms with E-state index in [1.165, 1.54) is 12.0 Å². The Labute approximate surface area is 123 Å². The summed E-state index contributed by atoms with van der Waals surface area (Å²) < 4.78 is 12.4. The standard InChI is InChI=1S/C18H28O2/c1-4-9-17-16(5-2)14-19-18(3,20-17)13-12-15-10-7-6-8-11-15/h6-8,10-11,16-17H,4-5,9,12-14H2,1-3H3/t16-,17-,18+/m0/s1. The van der Waals surface area contributed by atoms with Gasteiger partial charge in [-0.2, -0.15) is 0 Å². The Morgan fingerprint density at radius 2 is 1.95 bits per heavy atom. The second kappa shape index (κ2) is 7.24. The Kier molecular flexibility index (Phi) is 5.62. The van der Waals surface area contributed by atoms with Crippen LogP contribution in [0.25, 0.3) is 0 Å². The first kappa shape index (κ1) is 15.5. The summed E-state index contributed by atoms with van der Waals surface area (Å²) in [6, 6.07) is 10.6. The molecular formula is C18H28O2. The van der Waals surface area contributed by atoms with Crippen LogP contribution in [0.5, 0.6) is 0 Å². The van der Waals surface area contributed by atoms with E-state index in [4.69, 9.17) is 9.47 Å². The first-order chi connectivity index (χ1) is 9.67. The molecule has 3 atom stereocenters. The first-order valence-electron chi connectivity index (χ1n) is 8.02. The molecule has 0 radical (unpaired) electrons. The molecule has 1 saturated heterocycles. The number of hydrogen-bond acceptors (Lipinski definition) is 2. The Bertz CT molecular complexity index is 390. The van der Waals surface area contributed by atoms with Gasteiger partial charge in [0.1, 0.15) is 0 Å². The molecule has 0 unspecified atom stereocenters. The summed E-state index contributed by atoms with van der Waals surface area (Å²) in [6.07, 6.45) is 5.75. The molecule has 0 saturated carbocycles. The lowest BCUT2D eigenvalue weighted by atomic mass is 9.94. The number of rotatable bonds is 6. The molecule has 1 aromatic rings. The van der Waals surface area contributed by atoms with Crippen molar-refractivity contribution in [2.45, 2.75) is 64.8 Å². The molecular weight excluding hydrogens is 248 g/mol. The van der Waals surface area contributed by atoms with E-state index in [0.29, 0.717) is 12.0 Å². The molecule has 0 N–H and O–H groups in total. The summed E-state index contributed by atoms with van der Waals surface area (Å²) >= 11 is 0. The highest BCUT2D eigenvalue weighted by Crippen LogP contribution is 2.33. The fourth-order valence-corrected chi connectivity index (χ4v) is 2.95. The Morgan fingerprint density at radius 1 is 1.20 bits per heavy atom. The monoisotopic (exact) mass is 276 g/mol. The minimum Gasteiger partial charge on any atom is -0.350 e. The maximum absolute atomic E-state index is 6.32. The quantitative estimate of drug-likeness (QED) is 0.757. The van der Waals surface area contributed by atoms with Crippen LogP contribution in [0.15, 0.2) is 30.3 Å². The predicted molar refractivity (Wildman–Crippen MR) is 82.7 cm³/mol. The molecule has 0 bridgehead atoms. The normalized spacial score (nSPS) is 30.4. The van der Waals surface area contributed by atoms with Crippen LogP contribution in [0.4, 0.5) is 0 Å². The lowest BCUT2D eigenvalue weighted by molar-refractivity contribution is -0.306. The van der Waals surface area contributed by atoms with E-state index in [0.717, 1.165) is 32.3 Å². The summed E-state index contributed by atoms with van der Waals surface area (Å²) in [6.45, 7) is 7.40.